The number of rotatable bonds is 7. The van der Waals surface area contributed by atoms with Gasteiger partial charge in [-0.15, -0.1) is 0 Å². The highest BCUT2D eigenvalue weighted by Gasteiger charge is 2.16. The summed E-state index contributed by atoms with van der Waals surface area (Å²) in [7, 11) is -3.28. The Balaban J connectivity index is 3.84. The first-order valence-electron chi connectivity index (χ1n) is 4.98. The Kier molecular flexibility index (Phi) is 6.51. The van der Waals surface area contributed by atoms with Gasteiger partial charge in [0.15, 0.2) is 0 Å². The number of urea groups is 1. The third kappa shape index (κ3) is 8.46. The summed E-state index contributed by atoms with van der Waals surface area (Å²) < 4.78 is 23.5. The number of amides is 2. The first-order valence-corrected chi connectivity index (χ1v) is 6.87. The van der Waals surface area contributed by atoms with Crippen LogP contribution < -0.4 is 15.4 Å². The molecule has 0 fully saturated rings. The van der Waals surface area contributed by atoms with Gasteiger partial charge in [0.25, 0.3) is 0 Å². The highest BCUT2D eigenvalue weighted by atomic mass is 32.2. The minimum absolute atomic E-state index is 0.0517. The van der Waals surface area contributed by atoms with Crippen LogP contribution in [0.5, 0.6) is 0 Å². The van der Waals surface area contributed by atoms with E-state index in [1.807, 2.05) is 0 Å². The lowest BCUT2D eigenvalue weighted by atomic mass is 10.2. The number of carboxylic acids is 1. The maximum absolute atomic E-state index is 11.2. The number of carbonyl (C=O) groups is 2. The molecule has 0 saturated heterocycles. The van der Waals surface area contributed by atoms with E-state index in [-0.39, 0.29) is 19.5 Å². The van der Waals surface area contributed by atoms with E-state index in [4.69, 9.17) is 5.11 Å². The van der Waals surface area contributed by atoms with Gasteiger partial charge < -0.3 is 15.7 Å². The van der Waals surface area contributed by atoms with E-state index in [9.17, 15) is 18.0 Å². The normalized spacial score (nSPS) is 12.8. The molecule has 0 bridgehead atoms. The van der Waals surface area contributed by atoms with Crippen molar-refractivity contribution in [3.63, 3.8) is 0 Å². The molecular weight excluding hydrogens is 250 g/mol. The second-order valence-corrected chi connectivity index (χ2v) is 5.20. The van der Waals surface area contributed by atoms with Crippen LogP contribution in [0, 0.1) is 0 Å². The molecule has 0 rings (SSSR count). The van der Waals surface area contributed by atoms with Crippen LogP contribution in [0.1, 0.15) is 13.3 Å². The fourth-order valence-corrected chi connectivity index (χ4v) is 1.43. The zero-order chi connectivity index (χ0) is 13.5. The number of carbonyl (C=O) groups excluding carboxylic acids is 1. The molecule has 9 heteroatoms. The Labute approximate surface area is 99.8 Å². The van der Waals surface area contributed by atoms with Gasteiger partial charge >= 0.3 is 12.0 Å². The number of aliphatic carboxylic acids is 1. The summed E-state index contributed by atoms with van der Waals surface area (Å²) in [4.78, 5) is 21.8. The van der Waals surface area contributed by atoms with E-state index in [0.717, 1.165) is 6.26 Å². The first-order chi connectivity index (χ1) is 7.76. The molecule has 100 valence electrons. The topological polar surface area (TPSA) is 125 Å². The molecule has 0 unspecified atom stereocenters. The zero-order valence-electron chi connectivity index (χ0n) is 9.69. The standard InChI is InChI=1S/C8H17N3O5S/c1-3-6(7(12)13)11-8(14)9-4-5-10-17(2,15)16/h6,10H,3-5H2,1-2H3,(H,12,13)(H2,9,11,14)/t6-/m1/s1. The molecule has 2 amide bonds. The average Bonchev–Trinajstić information content (AvgIpc) is 2.19. The largest absolute Gasteiger partial charge is 0.480 e. The minimum atomic E-state index is -3.28. The van der Waals surface area contributed by atoms with Crippen LogP contribution in [0.15, 0.2) is 0 Å². The molecule has 0 radical (unpaired) electrons. The Morgan fingerprint density at radius 2 is 1.88 bits per heavy atom. The molecule has 17 heavy (non-hydrogen) atoms. The summed E-state index contributed by atoms with van der Waals surface area (Å²) >= 11 is 0. The van der Waals surface area contributed by atoms with E-state index in [0.29, 0.717) is 0 Å². The number of nitrogens with one attached hydrogen (secondary N) is 3. The van der Waals surface area contributed by atoms with Crippen molar-refractivity contribution in [2.45, 2.75) is 19.4 Å². The Morgan fingerprint density at radius 3 is 2.29 bits per heavy atom. The predicted molar refractivity (Wildman–Crippen MR) is 61.1 cm³/mol. The van der Waals surface area contributed by atoms with Crippen molar-refractivity contribution in [2.24, 2.45) is 0 Å². The van der Waals surface area contributed by atoms with E-state index < -0.39 is 28.1 Å². The van der Waals surface area contributed by atoms with Crippen molar-refractivity contribution in [2.75, 3.05) is 19.3 Å². The van der Waals surface area contributed by atoms with E-state index in [1.165, 1.54) is 0 Å². The summed E-state index contributed by atoms with van der Waals surface area (Å²) in [6.45, 7) is 1.76. The highest BCUT2D eigenvalue weighted by molar-refractivity contribution is 7.88. The maximum Gasteiger partial charge on any atom is 0.326 e. The fourth-order valence-electron chi connectivity index (χ4n) is 0.960. The van der Waals surface area contributed by atoms with Crippen molar-refractivity contribution < 1.29 is 23.1 Å². The number of carboxylic acid groups (broad SMARTS) is 1. The third-order valence-corrected chi connectivity index (χ3v) is 2.51. The van der Waals surface area contributed by atoms with Crippen LogP contribution in [0.3, 0.4) is 0 Å². The quantitative estimate of drug-likeness (QED) is 0.427. The Bertz CT molecular complexity index is 367. The molecule has 0 aromatic rings. The second-order valence-electron chi connectivity index (χ2n) is 3.37. The smallest absolute Gasteiger partial charge is 0.326 e. The molecule has 0 aliphatic heterocycles. The summed E-state index contributed by atoms with van der Waals surface area (Å²) in [5.41, 5.74) is 0. The van der Waals surface area contributed by atoms with Gasteiger partial charge in [0.2, 0.25) is 10.0 Å². The second kappa shape index (κ2) is 7.07. The van der Waals surface area contributed by atoms with Crippen molar-refractivity contribution in [3.8, 4) is 0 Å². The SMILES string of the molecule is CC[C@@H](NC(=O)NCCNS(C)(=O)=O)C(=O)O. The van der Waals surface area contributed by atoms with Gasteiger partial charge in [0.1, 0.15) is 6.04 Å². The van der Waals surface area contributed by atoms with Crippen molar-refractivity contribution >= 4 is 22.0 Å². The Morgan fingerprint density at radius 1 is 1.29 bits per heavy atom. The lowest BCUT2D eigenvalue weighted by Gasteiger charge is -2.13. The molecule has 8 nitrogen and oxygen atoms in total. The predicted octanol–water partition coefficient (Wildman–Crippen LogP) is -1.30. The Hall–Kier alpha value is -1.35. The maximum atomic E-state index is 11.2. The van der Waals surface area contributed by atoms with Crippen molar-refractivity contribution in [1.82, 2.24) is 15.4 Å². The molecule has 0 aliphatic carbocycles. The summed E-state index contributed by atoms with van der Waals surface area (Å²) in [5, 5.41) is 13.2. The molecule has 0 spiro atoms. The fraction of sp³-hybridized carbons (Fsp3) is 0.750. The molecule has 0 saturated carbocycles. The summed E-state index contributed by atoms with van der Waals surface area (Å²) in [6, 6.07) is -1.59. The van der Waals surface area contributed by atoms with Gasteiger partial charge in [-0.1, -0.05) is 6.92 Å². The highest BCUT2D eigenvalue weighted by Crippen LogP contribution is 1.89. The van der Waals surface area contributed by atoms with Crippen molar-refractivity contribution in [3.05, 3.63) is 0 Å². The summed E-state index contributed by atoms with van der Waals surface area (Å²) in [6.07, 6.45) is 1.27. The first kappa shape index (κ1) is 15.7. The van der Waals surface area contributed by atoms with E-state index in [1.54, 1.807) is 6.92 Å². The molecule has 1 atom stereocenters. The van der Waals surface area contributed by atoms with E-state index >= 15 is 0 Å². The molecule has 4 N–H and O–H groups in total. The number of hydrogen-bond acceptors (Lipinski definition) is 4. The van der Waals surface area contributed by atoms with Crippen molar-refractivity contribution in [1.29, 1.82) is 0 Å². The molecule has 0 aliphatic rings. The van der Waals surface area contributed by atoms with Gasteiger partial charge in [0.05, 0.1) is 6.26 Å². The van der Waals surface area contributed by atoms with Crippen LogP contribution in [-0.2, 0) is 14.8 Å². The van der Waals surface area contributed by atoms with Gasteiger partial charge in [-0.3, -0.25) is 0 Å². The third-order valence-electron chi connectivity index (χ3n) is 1.79. The summed E-state index contributed by atoms with van der Waals surface area (Å²) in [5.74, 6) is -1.11. The molecule has 0 aromatic carbocycles. The lowest BCUT2D eigenvalue weighted by molar-refractivity contribution is -0.139. The molecular formula is C8H17N3O5S. The monoisotopic (exact) mass is 267 g/mol. The van der Waals surface area contributed by atoms with Crippen LogP contribution in [0.4, 0.5) is 4.79 Å². The number of hydrogen-bond donors (Lipinski definition) is 4. The van der Waals surface area contributed by atoms with Gasteiger partial charge in [-0.2, -0.15) is 0 Å². The van der Waals surface area contributed by atoms with Gasteiger partial charge in [-0.05, 0) is 6.42 Å². The van der Waals surface area contributed by atoms with Gasteiger partial charge in [0, 0.05) is 13.1 Å². The van der Waals surface area contributed by atoms with Crippen LogP contribution in [0.2, 0.25) is 0 Å². The zero-order valence-corrected chi connectivity index (χ0v) is 10.5. The van der Waals surface area contributed by atoms with Crippen LogP contribution in [-0.4, -0.2) is 50.9 Å². The van der Waals surface area contributed by atoms with Crippen LogP contribution >= 0.6 is 0 Å². The lowest BCUT2D eigenvalue weighted by Crippen LogP contribution is -2.47. The van der Waals surface area contributed by atoms with E-state index in [2.05, 4.69) is 15.4 Å². The van der Waals surface area contributed by atoms with Crippen LogP contribution in [0.25, 0.3) is 0 Å². The minimum Gasteiger partial charge on any atom is -0.480 e. The average molecular weight is 267 g/mol. The van der Waals surface area contributed by atoms with Gasteiger partial charge in [-0.25, -0.2) is 22.7 Å². The molecule has 0 aromatic heterocycles. The number of sulfonamides is 1. The molecule has 0 heterocycles.